The highest BCUT2D eigenvalue weighted by Crippen LogP contribution is 2.45. The molecule has 3 N–H and O–H groups in total. The van der Waals surface area contributed by atoms with E-state index in [1.54, 1.807) is 0 Å². The zero-order valence-corrected chi connectivity index (χ0v) is 58.5. The lowest BCUT2D eigenvalue weighted by molar-refractivity contribution is -0.161. The van der Waals surface area contributed by atoms with Crippen LogP contribution in [0.5, 0.6) is 0 Å². The summed E-state index contributed by atoms with van der Waals surface area (Å²) >= 11 is 0. The Morgan fingerprint density at radius 1 is 0.273 bits per heavy atom. The first-order valence-corrected chi connectivity index (χ1v) is 39.3. The SMILES string of the molecule is CCCCCCCCCCCCCCCCCCC(=O)O[C@H](COC(=O)CCCCCCCCCCCCCCCC)COP(=O)(O)OC[C@@H](O)COP(=O)(O)OC[C@@H](COC(=O)CCCCCCCCCC)OC(=O)CCCCCCCCCCCC. The lowest BCUT2D eigenvalue weighted by Gasteiger charge is -2.21. The number of phosphoric acid groups is 2. The molecule has 0 aromatic heterocycles. The maximum atomic E-state index is 13.0. The fourth-order valence-corrected chi connectivity index (χ4v) is 12.1. The van der Waals surface area contributed by atoms with Crippen LogP contribution in [0, 0.1) is 0 Å². The summed E-state index contributed by atoms with van der Waals surface area (Å²) in [5.74, 6) is -2.12. The van der Waals surface area contributed by atoms with Crippen molar-refractivity contribution in [1.82, 2.24) is 0 Å². The molecule has 522 valence electrons. The Bertz CT molecular complexity index is 1690. The fraction of sp³-hybridized carbons (Fsp3) is 0.942. The number of rotatable bonds is 70. The first-order chi connectivity index (χ1) is 42.7. The summed E-state index contributed by atoms with van der Waals surface area (Å²) < 4.78 is 68.2. The van der Waals surface area contributed by atoms with E-state index < -0.39 is 97.5 Å². The Morgan fingerprint density at radius 3 is 0.670 bits per heavy atom. The van der Waals surface area contributed by atoms with E-state index in [1.807, 2.05) is 0 Å². The van der Waals surface area contributed by atoms with E-state index in [1.165, 1.54) is 186 Å². The van der Waals surface area contributed by atoms with Gasteiger partial charge in [-0.05, 0) is 25.7 Å². The number of esters is 4. The summed E-state index contributed by atoms with van der Waals surface area (Å²) in [5.41, 5.74) is 0. The molecule has 0 aliphatic rings. The third-order valence-corrected chi connectivity index (χ3v) is 18.0. The van der Waals surface area contributed by atoms with Gasteiger partial charge in [0.1, 0.15) is 19.3 Å². The van der Waals surface area contributed by atoms with Crippen LogP contribution in [0.4, 0.5) is 0 Å². The van der Waals surface area contributed by atoms with Crippen molar-refractivity contribution in [1.29, 1.82) is 0 Å². The van der Waals surface area contributed by atoms with Crippen molar-refractivity contribution >= 4 is 39.5 Å². The van der Waals surface area contributed by atoms with Crippen molar-refractivity contribution in [2.45, 2.75) is 380 Å². The number of hydrogen-bond donors (Lipinski definition) is 3. The van der Waals surface area contributed by atoms with E-state index in [0.717, 1.165) is 96.3 Å². The van der Waals surface area contributed by atoms with Gasteiger partial charge in [-0.3, -0.25) is 37.3 Å². The Morgan fingerprint density at radius 2 is 0.455 bits per heavy atom. The Balaban J connectivity index is 5.21. The number of phosphoric ester groups is 2. The molecule has 0 aliphatic heterocycles. The number of aliphatic hydroxyl groups excluding tert-OH is 1. The molecular weight excluding hydrogens is 1160 g/mol. The molecule has 0 rings (SSSR count). The van der Waals surface area contributed by atoms with Gasteiger partial charge in [0.15, 0.2) is 12.2 Å². The predicted octanol–water partition coefficient (Wildman–Crippen LogP) is 19.9. The summed E-state index contributed by atoms with van der Waals surface area (Å²) in [7, 11) is -9.89. The van der Waals surface area contributed by atoms with E-state index in [4.69, 9.17) is 37.0 Å². The minimum Gasteiger partial charge on any atom is -0.462 e. The average molecular weight is 1300 g/mol. The van der Waals surface area contributed by atoms with Gasteiger partial charge in [0.05, 0.1) is 26.4 Å². The first kappa shape index (κ1) is 86.1. The number of hydrogen-bond acceptors (Lipinski definition) is 15. The highest BCUT2D eigenvalue weighted by Gasteiger charge is 2.30. The van der Waals surface area contributed by atoms with Crippen LogP contribution in [0.15, 0.2) is 0 Å². The molecule has 0 bridgehead atoms. The molecule has 17 nitrogen and oxygen atoms in total. The van der Waals surface area contributed by atoms with Gasteiger partial charge in [0, 0.05) is 25.7 Å². The summed E-state index contributed by atoms with van der Waals surface area (Å²) in [6, 6.07) is 0. The predicted molar refractivity (Wildman–Crippen MR) is 354 cm³/mol. The number of ether oxygens (including phenoxy) is 4. The summed E-state index contributed by atoms with van der Waals surface area (Å²) in [6.07, 6.45) is 51.3. The van der Waals surface area contributed by atoms with Crippen LogP contribution in [0.25, 0.3) is 0 Å². The van der Waals surface area contributed by atoms with E-state index in [0.29, 0.717) is 25.7 Å². The lowest BCUT2D eigenvalue weighted by atomic mass is 10.0. The molecule has 5 atom stereocenters. The second kappa shape index (κ2) is 63.8. The monoisotopic (exact) mass is 1300 g/mol. The third-order valence-electron chi connectivity index (χ3n) is 16.1. The molecule has 0 saturated heterocycles. The molecule has 0 fully saturated rings. The molecule has 2 unspecified atom stereocenters. The summed E-state index contributed by atoms with van der Waals surface area (Å²) in [6.45, 7) is 4.91. The largest absolute Gasteiger partial charge is 0.472 e. The Hall–Kier alpha value is -1.94. The van der Waals surface area contributed by atoms with Gasteiger partial charge in [-0.1, -0.05) is 310 Å². The zero-order chi connectivity index (χ0) is 64.7. The second-order valence-corrected chi connectivity index (χ2v) is 27.8. The van der Waals surface area contributed by atoms with Crippen LogP contribution in [-0.2, 0) is 65.4 Å². The smallest absolute Gasteiger partial charge is 0.462 e. The molecule has 0 amide bonds. The number of unbranched alkanes of at least 4 members (excludes halogenated alkanes) is 44. The van der Waals surface area contributed by atoms with E-state index in [2.05, 4.69) is 27.7 Å². The molecule has 0 saturated carbocycles. The van der Waals surface area contributed by atoms with Crippen LogP contribution in [-0.4, -0.2) is 96.7 Å². The lowest BCUT2D eigenvalue weighted by Crippen LogP contribution is -2.30. The molecule has 0 heterocycles. The molecular formula is C69H134O17P2. The van der Waals surface area contributed by atoms with Crippen LogP contribution in [0.3, 0.4) is 0 Å². The summed E-state index contributed by atoms with van der Waals surface area (Å²) in [5, 5.41) is 10.6. The number of carbonyl (C=O) groups is 4. The second-order valence-electron chi connectivity index (χ2n) is 24.9. The van der Waals surface area contributed by atoms with Gasteiger partial charge in [-0.2, -0.15) is 0 Å². The molecule has 0 radical (unpaired) electrons. The Labute approximate surface area is 537 Å². The van der Waals surface area contributed by atoms with Gasteiger partial charge in [0.2, 0.25) is 0 Å². The van der Waals surface area contributed by atoms with Gasteiger partial charge in [0.25, 0.3) is 0 Å². The van der Waals surface area contributed by atoms with Crippen molar-refractivity contribution in [3.8, 4) is 0 Å². The highest BCUT2D eigenvalue weighted by molar-refractivity contribution is 7.47. The average Bonchev–Trinajstić information content (AvgIpc) is 3.70. The topological polar surface area (TPSA) is 237 Å². The third kappa shape index (κ3) is 62.8. The maximum Gasteiger partial charge on any atom is 0.472 e. The highest BCUT2D eigenvalue weighted by atomic mass is 31.2. The van der Waals surface area contributed by atoms with Crippen molar-refractivity contribution in [3.05, 3.63) is 0 Å². The van der Waals surface area contributed by atoms with Gasteiger partial charge in [-0.15, -0.1) is 0 Å². The van der Waals surface area contributed by atoms with Gasteiger partial charge < -0.3 is 33.8 Å². The zero-order valence-electron chi connectivity index (χ0n) is 56.7. The number of aliphatic hydroxyl groups is 1. The van der Waals surface area contributed by atoms with Crippen molar-refractivity contribution in [3.63, 3.8) is 0 Å². The first-order valence-electron chi connectivity index (χ1n) is 36.3. The number of carbonyl (C=O) groups excluding carboxylic acids is 4. The van der Waals surface area contributed by atoms with E-state index in [9.17, 15) is 43.2 Å². The molecule has 0 aliphatic carbocycles. The summed E-state index contributed by atoms with van der Waals surface area (Å²) in [4.78, 5) is 72.4. The van der Waals surface area contributed by atoms with E-state index in [-0.39, 0.29) is 25.7 Å². The maximum absolute atomic E-state index is 13.0. The van der Waals surface area contributed by atoms with Gasteiger partial charge >= 0.3 is 39.5 Å². The molecule has 88 heavy (non-hydrogen) atoms. The minimum atomic E-state index is -4.95. The van der Waals surface area contributed by atoms with Gasteiger partial charge in [-0.25, -0.2) is 9.13 Å². The van der Waals surface area contributed by atoms with Crippen LogP contribution in [0.1, 0.15) is 362 Å². The Kier molecular flexibility index (Phi) is 62.4. The fourth-order valence-electron chi connectivity index (χ4n) is 10.5. The normalized spacial score (nSPS) is 14.0. The van der Waals surface area contributed by atoms with Crippen LogP contribution >= 0.6 is 15.6 Å². The van der Waals surface area contributed by atoms with Crippen LogP contribution < -0.4 is 0 Å². The van der Waals surface area contributed by atoms with Crippen molar-refractivity contribution in [2.24, 2.45) is 0 Å². The molecule has 0 aromatic carbocycles. The van der Waals surface area contributed by atoms with Crippen molar-refractivity contribution in [2.75, 3.05) is 39.6 Å². The quantitative estimate of drug-likeness (QED) is 0.0222. The van der Waals surface area contributed by atoms with E-state index >= 15 is 0 Å². The molecule has 19 heteroatoms. The molecule has 0 aromatic rings. The van der Waals surface area contributed by atoms with Crippen LogP contribution in [0.2, 0.25) is 0 Å². The standard InChI is InChI=1S/C69H134O17P2/c1-5-9-13-17-21-25-28-30-32-33-35-37-40-44-48-52-56-69(74)86-65(60-80-67(72)54-50-46-42-39-36-34-31-29-26-22-18-14-10-6-2)62-84-88(77,78)82-58-63(70)57-81-87(75,76)83-61-64(59-79-66(71)53-49-45-41-24-20-16-12-8-4)85-68(73)55-51-47-43-38-27-23-19-15-11-7-3/h63-65,70H,5-62H2,1-4H3,(H,75,76)(H,77,78)/t63-,64+,65+/m0/s1. The van der Waals surface area contributed by atoms with Crippen molar-refractivity contribution < 1.29 is 80.2 Å². The molecule has 0 spiro atoms. The minimum absolute atomic E-state index is 0.107.